The van der Waals surface area contributed by atoms with E-state index in [1.165, 1.54) is 0 Å². The van der Waals surface area contributed by atoms with Gasteiger partial charge in [-0.3, -0.25) is 0 Å². The summed E-state index contributed by atoms with van der Waals surface area (Å²) in [6.07, 6.45) is 0. The fourth-order valence-corrected chi connectivity index (χ4v) is 0. The van der Waals surface area contributed by atoms with E-state index in [1.54, 1.807) is 0 Å². The van der Waals surface area contributed by atoms with Crippen molar-refractivity contribution in [2.75, 3.05) is 0 Å². The Morgan fingerprint density at radius 3 is 1.67 bits per heavy atom. The van der Waals surface area contributed by atoms with E-state index < -0.39 is 5.97 Å². The first kappa shape index (κ1) is 16.7. The number of rotatable bonds is 0. The Bertz CT molecular complexity index is 31.8. The van der Waals surface area contributed by atoms with Crippen molar-refractivity contribution in [2.24, 2.45) is 0 Å². The smallest absolute Gasteiger partial charge is 0.0383 e. The van der Waals surface area contributed by atoms with E-state index in [2.05, 4.69) is 0 Å². The summed E-state index contributed by atoms with van der Waals surface area (Å²) in [5.41, 5.74) is 0. The van der Waals surface area contributed by atoms with Crippen LogP contribution >= 0.6 is 0 Å². The molecule has 2 N–H and O–H groups in total. The average molecular weight is 129 g/mol. The van der Waals surface area contributed by atoms with Crippen LogP contribution in [0.4, 0.5) is 0 Å². The fourth-order valence-electron chi connectivity index (χ4n) is 0. The summed E-state index contributed by atoms with van der Waals surface area (Å²) in [5, 5.41) is 8.89. The zero-order chi connectivity index (χ0) is 3.58. The van der Waals surface area contributed by atoms with E-state index in [0.717, 1.165) is 6.92 Å². The third-order valence-corrected chi connectivity index (χ3v) is 0. The maximum absolute atomic E-state index is 8.89. The summed E-state index contributed by atoms with van der Waals surface area (Å²) in [6, 6.07) is 0. The number of carboxylic acids is 1. The Kier molecular flexibility index (Phi) is 24.8. The van der Waals surface area contributed by atoms with Gasteiger partial charge in [0.25, 0.3) is 0 Å². The molecule has 0 fully saturated rings. The van der Waals surface area contributed by atoms with Crippen LogP contribution in [0.3, 0.4) is 0 Å². The van der Waals surface area contributed by atoms with Gasteiger partial charge in [0.15, 0.2) is 0 Å². The van der Waals surface area contributed by atoms with E-state index in [4.69, 9.17) is 9.90 Å². The van der Waals surface area contributed by atoms with Crippen LogP contribution in [0, 0.1) is 0 Å². The maximum Gasteiger partial charge on any atom is 0.0383 e. The molecule has 6 heavy (non-hydrogen) atoms. The van der Waals surface area contributed by atoms with Gasteiger partial charge in [-0.25, -0.2) is 0 Å². The number of hydrogen-bond acceptors (Lipinski definition) is 2. The molecule has 3 nitrogen and oxygen atoms in total. The summed E-state index contributed by atoms with van der Waals surface area (Å²) in [5.74, 6) is -1.08. The molecule has 0 spiro atoms. The quantitative estimate of drug-likeness (QED) is 0.377. The molecule has 0 saturated carbocycles. The zero-order valence-corrected chi connectivity index (χ0v) is 4.50. The van der Waals surface area contributed by atoms with Crippen LogP contribution in [0.1, 0.15) is 6.92 Å². The molecule has 0 amide bonds. The molecular formula is C2H5CrO3-. The second-order valence-corrected chi connectivity index (χ2v) is 0.492. The maximum atomic E-state index is 8.89. The SMILES string of the molecule is CC(=O)[O-].O.[Cr]. The normalized spacial score (nSPS) is 4.17. The van der Waals surface area contributed by atoms with Crippen molar-refractivity contribution >= 4 is 5.97 Å². The first-order chi connectivity index (χ1) is 1.73. The van der Waals surface area contributed by atoms with Gasteiger partial charge in [0.1, 0.15) is 0 Å². The molecule has 0 aliphatic heterocycles. The Hall–Kier alpha value is -0.0375. The van der Waals surface area contributed by atoms with Crippen LogP contribution < -0.4 is 5.11 Å². The summed E-state index contributed by atoms with van der Waals surface area (Å²) >= 11 is 0. The minimum atomic E-state index is -1.08. The van der Waals surface area contributed by atoms with E-state index in [-0.39, 0.29) is 22.8 Å². The summed E-state index contributed by atoms with van der Waals surface area (Å²) < 4.78 is 0. The third-order valence-electron chi connectivity index (χ3n) is 0. The van der Waals surface area contributed by atoms with Gasteiger partial charge in [0.05, 0.1) is 0 Å². The van der Waals surface area contributed by atoms with Crippen LogP contribution in [0.5, 0.6) is 0 Å². The van der Waals surface area contributed by atoms with Crippen molar-refractivity contribution in [2.45, 2.75) is 6.92 Å². The van der Waals surface area contributed by atoms with Crippen molar-refractivity contribution in [3.63, 3.8) is 0 Å². The van der Waals surface area contributed by atoms with Crippen molar-refractivity contribution in [3.05, 3.63) is 0 Å². The Morgan fingerprint density at radius 2 is 1.67 bits per heavy atom. The molecule has 0 unspecified atom stereocenters. The molecule has 0 aliphatic carbocycles. The number of carbonyl (C=O) groups excluding carboxylic acids is 1. The van der Waals surface area contributed by atoms with E-state index in [9.17, 15) is 0 Å². The molecule has 0 atom stereocenters. The first-order valence-electron chi connectivity index (χ1n) is 0.908. The molecule has 0 aromatic carbocycles. The summed E-state index contributed by atoms with van der Waals surface area (Å²) in [7, 11) is 0. The van der Waals surface area contributed by atoms with Gasteiger partial charge in [-0.05, 0) is 6.92 Å². The molecule has 0 aromatic heterocycles. The Morgan fingerprint density at radius 1 is 1.67 bits per heavy atom. The number of carbonyl (C=O) groups is 1. The standard InChI is InChI=1S/C2H4O2.Cr.H2O/c1-2(3)4;;/h1H3,(H,3,4);;1H2/p-1. The van der Waals surface area contributed by atoms with E-state index >= 15 is 0 Å². The molecule has 0 aromatic rings. The van der Waals surface area contributed by atoms with Crippen LogP contribution in [-0.2, 0) is 22.2 Å². The van der Waals surface area contributed by atoms with E-state index in [0.29, 0.717) is 0 Å². The predicted octanol–water partition coefficient (Wildman–Crippen LogP) is -2.07. The van der Waals surface area contributed by atoms with Crippen LogP contribution in [-0.4, -0.2) is 11.4 Å². The topological polar surface area (TPSA) is 71.6 Å². The third kappa shape index (κ3) is 24700. The number of carboxylic acid groups (broad SMARTS) is 1. The van der Waals surface area contributed by atoms with Crippen molar-refractivity contribution in [1.82, 2.24) is 0 Å². The van der Waals surface area contributed by atoms with Gasteiger partial charge in [-0.1, -0.05) is 0 Å². The zero-order valence-electron chi connectivity index (χ0n) is 3.22. The van der Waals surface area contributed by atoms with Crippen LogP contribution in [0.25, 0.3) is 0 Å². The molecule has 0 saturated heterocycles. The van der Waals surface area contributed by atoms with Gasteiger partial charge in [0.2, 0.25) is 0 Å². The van der Waals surface area contributed by atoms with Crippen molar-refractivity contribution < 1.29 is 32.7 Å². The molecule has 4 heteroatoms. The summed E-state index contributed by atoms with van der Waals surface area (Å²) in [4.78, 5) is 8.89. The largest absolute Gasteiger partial charge is 0.550 e. The predicted molar refractivity (Wildman–Crippen MR) is 14.3 cm³/mol. The second kappa shape index (κ2) is 8.88. The molecule has 0 heterocycles. The van der Waals surface area contributed by atoms with Gasteiger partial charge >= 0.3 is 0 Å². The second-order valence-electron chi connectivity index (χ2n) is 0.492. The van der Waals surface area contributed by atoms with E-state index in [1.807, 2.05) is 0 Å². The minimum absolute atomic E-state index is 0. The molecular weight excluding hydrogens is 124 g/mol. The van der Waals surface area contributed by atoms with Gasteiger partial charge in [-0.15, -0.1) is 0 Å². The number of hydrogen-bond donors (Lipinski definition) is 0. The average Bonchev–Trinajstić information content (AvgIpc) is 0.811. The van der Waals surface area contributed by atoms with Crippen molar-refractivity contribution in [1.29, 1.82) is 0 Å². The minimum Gasteiger partial charge on any atom is -0.550 e. The first-order valence-corrected chi connectivity index (χ1v) is 0.908. The van der Waals surface area contributed by atoms with Crippen LogP contribution in [0.15, 0.2) is 0 Å². The number of aliphatic carboxylic acids is 1. The van der Waals surface area contributed by atoms with Gasteiger partial charge in [0, 0.05) is 23.3 Å². The molecule has 0 radical (unpaired) electrons. The fraction of sp³-hybridized carbons (Fsp3) is 0.500. The molecule has 0 rings (SSSR count). The van der Waals surface area contributed by atoms with Gasteiger partial charge < -0.3 is 15.4 Å². The molecule has 38 valence electrons. The van der Waals surface area contributed by atoms with Crippen molar-refractivity contribution in [3.8, 4) is 0 Å². The Balaban J connectivity index is -0.0000000450. The van der Waals surface area contributed by atoms with Gasteiger partial charge in [-0.2, -0.15) is 0 Å². The Labute approximate surface area is 46.4 Å². The molecule has 0 aliphatic rings. The monoisotopic (exact) mass is 129 g/mol. The van der Waals surface area contributed by atoms with Crippen LogP contribution in [0.2, 0.25) is 0 Å². The molecule has 0 bridgehead atoms. The summed E-state index contributed by atoms with van der Waals surface area (Å²) in [6.45, 7) is 0.972.